The normalized spacial score (nSPS) is 10.2. The molecule has 0 saturated heterocycles. The Morgan fingerprint density at radius 3 is 2.67 bits per heavy atom. The van der Waals surface area contributed by atoms with Gasteiger partial charge in [-0.3, -0.25) is 4.79 Å². The van der Waals surface area contributed by atoms with Gasteiger partial charge in [-0.05, 0) is 23.3 Å². The first-order valence-corrected chi connectivity index (χ1v) is 5.53. The van der Waals surface area contributed by atoms with Crippen molar-refractivity contribution in [1.29, 1.82) is 5.26 Å². The van der Waals surface area contributed by atoms with Gasteiger partial charge in [-0.25, -0.2) is 8.78 Å². The van der Waals surface area contributed by atoms with Crippen LogP contribution in [0.2, 0.25) is 0 Å². The molecule has 0 fully saturated rings. The molecule has 0 N–H and O–H groups in total. The molecular weight excluding hydrogens is 264 g/mol. The summed E-state index contributed by atoms with van der Waals surface area (Å²) in [5.74, 6) is -0.607. The van der Waals surface area contributed by atoms with Crippen molar-refractivity contribution < 1.29 is 18.3 Å². The number of esters is 1. The zero-order chi connectivity index (χ0) is 13.7. The van der Waals surface area contributed by atoms with Gasteiger partial charge in [0, 0.05) is 11.4 Å². The standard InChI is InChI=1S/C12H10ClF2NO2/c1-18-11(17)4-10-8(5-13)2-7(12(14)15)3-9(10)6-16/h2-3,12H,4-5H2,1H3. The van der Waals surface area contributed by atoms with Crippen molar-refractivity contribution >= 4 is 17.6 Å². The van der Waals surface area contributed by atoms with E-state index in [4.69, 9.17) is 16.9 Å². The van der Waals surface area contributed by atoms with E-state index in [2.05, 4.69) is 4.74 Å². The molecule has 6 heteroatoms. The van der Waals surface area contributed by atoms with Crippen LogP contribution < -0.4 is 0 Å². The van der Waals surface area contributed by atoms with E-state index in [0.29, 0.717) is 11.1 Å². The fourth-order valence-corrected chi connectivity index (χ4v) is 1.77. The van der Waals surface area contributed by atoms with Crippen LogP contribution in [-0.4, -0.2) is 13.1 Å². The molecule has 0 bridgehead atoms. The zero-order valence-corrected chi connectivity index (χ0v) is 10.3. The highest BCUT2D eigenvalue weighted by molar-refractivity contribution is 6.17. The van der Waals surface area contributed by atoms with Crippen molar-refractivity contribution in [2.24, 2.45) is 0 Å². The summed E-state index contributed by atoms with van der Waals surface area (Å²) in [6, 6.07) is 4.07. The van der Waals surface area contributed by atoms with Crippen molar-refractivity contribution in [1.82, 2.24) is 0 Å². The molecule has 1 rings (SSSR count). The molecule has 1 aromatic rings. The summed E-state index contributed by atoms with van der Waals surface area (Å²) in [4.78, 5) is 11.2. The number of alkyl halides is 3. The van der Waals surface area contributed by atoms with E-state index in [1.165, 1.54) is 13.2 Å². The highest BCUT2D eigenvalue weighted by Crippen LogP contribution is 2.26. The molecule has 3 nitrogen and oxygen atoms in total. The lowest BCUT2D eigenvalue weighted by atomic mass is 9.96. The Morgan fingerprint density at radius 2 is 2.22 bits per heavy atom. The molecule has 0 aliphatic rings. The lowest BCUT2D eigenvalue weighted by molar-refractivity contribution is -0.139. The summed E-state index contributed by atoms with van der Waals surface area (Å²) in [7, 11) is 1.21. The number of nitriles is 1. The molecule has 0 saturated carbocycles. The quantitative estimate of drug-likeness (QED) is 0.626. The Kier molecular flexibility index (Phi) is 5.05. The predicted octanol–water partition coefficient (Wildman–Crippen LogP) is 2.95. The number of methoxy groups -OCH3 is 1. The third-order valence-corrected chi connectivity index (χ3v) is 2.72. The number of benzene rings is 1. The van der Waals surface area contributed by atoms with Gasteiger partial charge in [0.2, 0.25) is 0 Å². The smallest absolute Gasteiger partial charge is 0.310 e. The van der Waals surface area contributed by atoms with E-state index >= 15 is 0 Å². The molecule has 0 aromatic heterocycles. The van der Waals surface area contributed by atoms with Gasteiger partial charge < -0.3 is 4.74 Å². The molecule has 0 radical (unpaired) electrons. The average molecular weight is 274 g/mol. The Bertz CT molecular complexity index is 498. The molecule has 0 unspecified atom stereocenters. The fraction of sp³-hybridized carbons (Fsp3) is 0.333. The first kappa shape index (κ1) is 14.4. The number of rotatable bonds is 4. The molecular formula is C12H10ClF2NO2. The van der Waals surface area contributed by atoms with E-state index in [1.54, 1.807) is 6.07 Å². The number of hydrogen-bond acceptors (Lipinski definition) is 3. The van der Waals surface area contributed by atoms with Crippen LogP contribution in [0.15, 0.2) is 12.1 Å². The lowest BCUT2D eigenvalue weighted by Gasteiger charge is -2.11. The zero-order valence-electron chi connectivity index (χ0n) is 9.54. The van der Waals surface area contributed by atoms with Gasteiger partial charge in [-0.15, -0.1) is 11.6 Å². The molecule has 0 heterocycles. The van der Waals surface area contributed by atoms with Crippen molar-refractivity contribution in [3.63, 3.8) is 0 Å². The van der Waals surface area contributed by atoms with Crippen LogP contribution in [0.4, 0.5) is 8.78 Å². The summed E-state index contributed by atoms with van der Waals surface area (Å²) in [6.07, 6.45) is -2.85. The molecule has 0 atom stereocenters. The largest absolute Gasteiger partial charge is 0.469 e. The molecule has 1 aromatic carbocycles. The van der Waals surface area contributed by atoms with Crippen molar-refractivity contribution in [2.75, 3.05) is 7.11 Å². The SMILES string of the molecule is COC(=O)Cc1c(C#N)cc(C(F)F)cc1CCl. The maximum atomic E-state index is 12.6. The second-order valence-electron chi connectivity index (χ2n) is 3.51. The van der Waals surface area contributed by atoms with Crippen LogP contribution >= 0.6 is 11.6 Å². The molecule has 0 spiro atoms. The third kappa shape index (κ3) is 3.17. The molecule has 18 heavy (non-hydrogen) atoms. The third-order valence-electron chi connectivity index (χ3n) is 2.43. The van der Waals surface area contributed by atoms with E-state index in [9.17, 15) is 13.6 Å². The van der Waals surface area contributed by atoms with Gasteiger partial charge in [0.25, 0.3) is 6.43 Å². The Hall–Kier alpha value is -1.67. The van der Waals surface area contributed by atoms with E-state index < -0.39 is 12.4 Å². The van der Waals surface area contributed by atoms with Crippen LogP contribution in [0.5, 0.6) is 0 Å². The van der Waals surface area contributed by atoms with Crippen molar-refractivity contribution in [3.05, 3.63) is 34.4 Å². The predicted molar refractivity (Wildman–Crippen MR) is 61.4 cm³/mol. The Morgan fingerprint density at radius 1 is 1.56 bits per heavy atom. The monoisotopic (exact) mass is 273 g/mol. The number of carbonyl (C=O) groups is 1. The fourth-order valence-electron chi connectivity index (χ4n) is 1.53. The Labute approximate surface area is 108 Å². The molecule has 0 amide bonds. The van der Waals surface area contributed by atoms with Crippen LogP contribution in [0.3, 0.4) is 0 Å². The molecule has 0 aliphatic heterocycles. The second-order valence-corrected chi connectivity index (χ2v) is 3.77. The van der Waals surface area contributed by atoms with E-state index in [1.807, 2.05) is 0 Å². The number of nitrogens with zero attached hydrogens (tertiary/aromatic N) is 1. The number of carbonyl (C=O) groups excluding carboxylic acids is 1. The van der Waals surface area contributed by atoms with E-state index in [-0.39, 0.29) is 23.4 Å². The minimum absolute atomic E-state index is 0.0221. The first-order chi connectivity index (χ1) is 8.53. The number of ether oxygens (including phenoxy) is 1. The van der Waals surface area contributed by atoms with Crippen LogP contribution in [0.25, 0.3) is 0 Å². The topological polar surface area (TPSA) is 50.1 Å². The van der Waals surface area contributed by atoms with Gasteiger partial charge in [0.1, 0.15) is 0 Å². The highest BCUT2D eigenvalue weighted by atomic mass is 35.5. The summed E-state index contributed by atoms with van der Waals surface area (Å²) in [6.45, 7) is 0. The maximum absolute atomic E-state index is 12.6. The van der Waals surface area contributed by atoms with Crippen LogP contribution in [0, 0.1) is 11.3 Å². The summed E-state index contributed by atoms with van der Waals surface area (Å²) in [5.41, 5.74) is 0.421. The maximum Gasteiger partial charge on any atom is 0.310 e. The lowest BCUT2D eigenvalue weighted by Crippen LogP contribution is -2.09. The average Bonchev–Trinajstić information content (AvgIpc) is 2.38. The number of hydrogen-bond donors (Lipinski definition) is 0. The minimum Gasteiger partial charge on any atom is -0.469 e. The van der Waals surface area contributed by atoms with Gasteiger partial charge in [0.05, 0.1) is 25.2 Å². The van der Waals surface area contributed by atoms with Gasteiger partial charge >= 0.3 is 5.97 Å². The van der Waals surface area contributed by atoms with Crippen LogP contribution in [-0.2, 0) is 21.8 Å². The molecule has 0 aliphatic carbocycles. The number of halogens is 3. The summed E-state index contributed by atoms with van der Waals surface area (Å²) in [5, 5.41) is 8.94. The van der Waals surface area contributed by atoms with Gasteiger partial charge in [-0.2, -0.15) is 5.26 Å². The van der Waals surface area contributed by atoms with Gasteiger partial charge in [-0.1, -0.05) is 0 Å². The van der Waals surface area contributed by atoms with Crippen molar-refractivity contribution in [2.45, 2.75) is 18.7 Å². The Balaban J connectivity index is 3.31. The molecule has 96 valence electrons. The summed E-state index contributed by atoms with van der Waals surface area (Å²) >= 11 is 5.66. The highest BCUT2D eigenvalue weighted by Gasteiger charge is 2.17. The first-order valence-electron chi connectivity index (χ1n) is 5.00. The minimum atomic E-state index is -2.69. The van der Waals surface area contributed by atoms with Crippen LogP contribution in [0.1, 0.15) is 28.7 Å². The summed E-state index contributed by atoms with van der Waals surface area (Å²) < 4.78 is 29.7. The van der Waals surface area contributed by atoms with Crippen molar-refractivity contribution in [3.8, 4) is 6.07 Å². The second kappa shape index (κ2) is 6.31. The van der Waals surface area contributed by atoms with E-state index in [0.717, 1.165) is 6.07 Å². The van der Waals surface area contributed by atoms with Gasteiger partial charge in [0.15, 0.2) is 0 Å².